The first-order valence-corrected chi connectivity index (χ1v) is 6.78. The summed E-state index contributed by atoms with van der Waals surface area (Å²) < 4.78 is 10.9. The first-order chi connectivity index (χ1) is 10.6. The molecule has 1 N–H and O–H groups in total. The van der Waals surface area contributed by atoms with E-state index >= 15 is 0 Å². The molecular weight excluding hydrogens is 284 g/mol. The van der Waals surface area contributed by atoms with E-state index in [-0.39, 0.29) is 18.8 Å². The number of hydrogen-bond donors (Lipinski definition) is 1. The molecule has 2 aromatic carbocycles. The highest BCUT2D eigenvalue weighted by molar-refractivity contribution is 6.12. The lowest BCUT2D eigenvalue weighted by Crippen LogP contribution is -2.06. The minimum atomic E-state index is -0.971. The van der Waals surface area contributed by atoms with Crippen LogP contribution in [-0.2, 0) is 17.8 Å². The van der Waals surface area contributed by atoms with Crippen LogP contribution in [-0.4, -0.2) is 24.0 Å². The van der Waals surface area contributed by atoms with Gasteiger partial charge in [-0.3, -0.25) is 9.59 Å². The van der Waals surface area contributed by atoms with Gasteiger partial charge in [0.05, 0.1) is 19.1 Å². The quantitative estimate of drug-likeness (QED) is 0.942. The van der Waals surface area contributed by atoms with Crippen molar-refractivity contribution < 1.29 is 24.2 Å². The molecule has 0 saturated carbocycles. The Kier molecular flexibility index (Phi) is 3.55. The molecule has 0 bridgehead atoms. The summed E-state index contributed by atoms with van der Waals surface area (Å²) in [5.74, 6) is -0.361. The summed E-state index contributed by atoms with van der Waals surface area (Å²) >= 11 is 0. The van der Waals surface area contributed by atoms with Crippen molar-refractivity contribution in [3.05, 3.63) is 58.7 Å². The number of rotatable bonds is 3. The van der Waals surface area contributed by atoms with Crippen molar-refractivity contribution in [2.24, 2.45) is 0 Å². The van der Waals surface area contributed by atoms with Crippen LogP contribution in [0.5, 0.6) is 11.5 Å². The summed E-state index contributed by atoms with van der Waals surface area (Å²) in [6.45, 7) is 0.272. The van der Waals surface area contributed by atoms with Crippen LogP contribution in [0.1, 0.15) is 27.0 Å². The fourth-order valence-corrected chi connectivity index (χ4v) is 2.56. The van der Waals surface area contributed by atoms with Crippen molar-refractivity contribution in [2.45, 2.75) is 13.0 Å². The van der Waals surface area contributed by atoms with E-state index in [4.69, 9.17) is 14.6 Å². The van der Waals surface area contributed by atoms with Gasteiger partial charge in [0.15, 0.2) is 5.78 Å². The van der Waals surface area contributed by atoms with Gasteiger partial charge in [-0.05, 0) is 12.1 Å². The Morgan fingerprint density at radius 2 is 2.05 bits per heavy atom. The zero-order chi connectivity index (χ0) is 15.7. The van der Waals surface area contributed by atoms with E-state index in [1.165, 1.54) is 7.11 Å². The predicted octanol–water partition coefficient (Wildman–Crippen LogP) is 2.45. The number of carboxylic acid groups (broad SMARTS) is 1. The number of hydrogen-bond acceptors (Lipinski definition) is 4. The Hall–Kier alpha value is -2.82. The van der Waals surface area contributed by atoms with Gasteiger partial charge in [0.2, 0.25) is 0 Å². The van der Waals surface area contributed by atoms with Crippen LogP contribution in [0.2, 0.25) is 0 Å². The second kappa shape index (κ2) is 5.52. The van der Waals surface area contributed by atoms with E-state index in [0.29, 0.717) is 28.2 Å². The third kappa shape index (κ3) is 2.41. The maximum Gasteiger partial charge on any atom is 0.307 e. The number of carboxylic acids is 1. The van der Waals surface area contributed by atoms with Crippen molar-refractivity contribution in [1.82, 2.24) is 0 Å². The number of aliphatic carboxylic acids is 1. The number of ether oxygens (including phenoxy) is 2. The molecule has 22 heavy (non-hydrogen) atoms. The molecule has 0 atom stereocenters. The van der Waals surface area contributed by atoms with E-state index in [2.05, 4.69) is 0 Å². The molecule has 0 unspecified atom stereocenters. The van der Waals surface area contributed by atoms with Crippen LogP contribution < -0.4 is 9.47 Å². The molecule has 5 heteroatoms. The van der Waals surface area contributed by atoms with Crippen LogP contribution >= 0.6 is 0 Å². The number of benzene rings is 2. The summed E-state index contributed by atoms with van der Waals surface area (Å²) in [5, 5.41) is 8.98. The highest BCUT2D eigenvalue weighted by Gasteiger charge is 2.24. The number of fused-ring (bicyclic) bond motifs is 2. The summed E-state index contributed by atoms with van der Waals surface area (Å²) in [7, 11) is 1.45. The Labute approximate surface area is 127 Å². The molecule has 3 rings (SSSR count). The third-order valence-electron chi connectivity index (χ3n) is 3.61. The lowest BCUT2D eigenvalue weighted by molar-refractivity contribution is -0.136. The SMILES string of the molecule is COc1cc2c(cc1CC(=O)O)OCc1ccccc1C2=O. The van der Waals surface area contributed by atoms with Gasteiger partial charge in [-0.2, -0.15) is 0 Å². The van der Waals surface area contributed by atoms with Gasteiger partial charge in [-0.15, -0.1) is 0 Å². The van der Waals surface area contributed by atoms with E-state index in [0.717, 1.165) is 5.56 Å². The summed E-state index contributed by atoms with van der Waals surface area (Å²) in [5.41, 5.74) is 2.26. The summed E-state index contributed by atoms with van der Waals surface area (Å²) in [4.78, 5) is 23.6. The van der Waals surface area contributed by atoms with Crippen LogP contribution in [0.3, 0.4) is 0 Å². The molecule has 1 aliphatic heterocycles. The topological polar surface area (TPSA) is 72.8 Å². The molecule has 2 aromatic rings. The standard InChI is InChI=1S/C17H14O5/c1-21-14-8-13-15(6-11(14)7-16(18)19)22-9-10-4-2-3-5-12(10)17(13)20/h2-6,8H,7,9H2,1H3,(H,18,19). The maximum atomic E-state index is 12.7. The highest BCUT2D eigenvalue weighted by Crippen LogP contribution is 2.34. The molecule has 0 radical (unpaired) electrons. The van der Waals surface area contributed by atoms with E-state index in [1.54, 1.807) is 24.3 Å². The number of carbonyl (C=O) groups is 2. The second-order valence-electron chi connectivity index (χ2n) is 5.01. The van der Waals surface area contributed by atoms with Crippen molar-refractivity contribution in [3.8, 4) is 11.5 Å². The molecule has 0 spiro atoms. The Morgan fingerprint density at radius 3 is 2.77 bits per heavy atom. The van der Waals surface area contributed by atoms with Gasteiger partial charge in [0.1, 0.15) is 18.1 Å². The maximum absolute atomic E-state index is 12.7. The van der Waals surface area contributed by atoms with Gasteiger partial charge < -0.3 is 14.6 Å². The third-order valence-corrected chi connectivity index (χ3v) is 3.61. The molecule has 112 valence electrons. The van der Waals surface area contributed by atoms with Crippen LogP contribution in [0, 0.1) is 0 Å². The lowest BCUT2D eigenvalue weighted by Gasteiger charge is -2.12. The van der Waals surface area contributed by atoms with Crippen molar-refractivity contribution >= 4 is 11.8 Å². The molecule has 0 saturated heterocycles. The van der Waals surface area contributed by atoms with Crippen molar-refractivity contribution in [3.63, 3.8) is 0 Å². The van der Waals surface area contributed by atoms with Gasteiger partial charge >= 0.3 is 5.97 Å². The Balaban J connectivity index is 2.13. The zero-order valence-electron chi connectivity index (χ0n) is 12.0. The van der Waals surface area contributed by atoms with Gasteiger partial charge in [-0.1, -0.05) is 24.3 Å². The normalized spacial score (nSPS) is 12.7. The number of ketones is 1. The van der Waals surface area contributed by atoms with Gasteiger partial charge in [0, 0.05) is 16.7 Å². The van der Waals surface area contributed by atoms with E-state index in [1.807, 2.05) is 12.1 Å². The Bertz CT molecular complexity index is 764. The van der Waals surface area contributed by atoms with Crippen molar-refractivity contribution in [2.75, 3.05) is 7.11 Å². The van der Waals surface area contributed by atoms with Crippen LogP contribution in [0.4, 0.5) is 0 Å². The van der Waals surface area contributed by atoms with Crippen LogP contribution in [0.15, 0.2) is 36.4 Å². The molecular formula is C17H14O5. The van der Waals surface area contributed by atoms with Gasteiger partial charge in [0.25, 0.3) is 0 Å². The zero-order valence-corrected chi connectivity index (χ0v) is 12.0. The monoisotopic (exact) mass is 298 g/mol. The largest absolute Gasteiger partial charge is 0.496 e. The summed E-state index contributed by atoms with van der Waals surface area (Å²) in [6.07, 6.45) is -0.193. The first kappa shape index (κ1) is 14.1. The van der Waals surface area contributed by atoms with Crippen LogP contribution in [0.25, 0.3) is 0 Å². The second-order valence-corrected chi connectivity index (χ2v) is 5.01. The minimum absolute atomic E-state index is 0.150. The lowest BCUT2D eigenvalue weighted by atomic mass is 9.97. The molecule has 5 nitrogen and oxygen atoms in total. The molecule has 1 heterocycles. The predicted molar refractivity (Wildman–Crippen MR) is 78.5 cm³/mol. The fraction of sp³-hybridized carbons (Fsp3) is 0.176. The molecule has 1 aliphatic rings. The molecule has 0 amide bonds. The number of carbonyl (C=O) groups excluding carboxylic acids is 1. The molecule has 0 aromatic heterocycles. The highest BCUT2D eigenvalue weighted by atomic mass is 16.5. The fourth-order valence-electron chi connectivity index (χ4n) is 2.56. The van der Waals surface area contributed by atoms with E-state index in [9.17, 15) is 9.59 Å². The average Bonchev–Trinajstić information content (AvgIpc) is 2.64. The van der Waals surface area contributed by atoms with E-state index < -0.39 is 5.97 Å². The molecule has 0 aliphatic carbocycles. The number of methoxy groups -OCH3 is 1. The first-order valence-electron chi connectivity index (χ1n) is 6.78. The smallest absolute Gasteiger partial charge is 0.307 e. The minimum Gasteiger partial charge on any atom is -0.496 e. The molecule has 0 fully saturated rings. The van der Waals surface area contributed by atoms with Gasteiger partial charge in [-0.25, -0.2) is 0 Å². The Morgan fingerprint density at radius 1 is 1.27 bits per heavy atom. The average molecular weight is 298 g/mol. The van der Waals surface area contributed by atoms with Crippen molar-refractivity contribution in [1.29, 1.82) is 0 Å². The summed E-state index contributed by atoms with van der Waals surface area (Å²) in [6, 6.07) is 10.4.